The average molecular weight is 260 g/mol. The first kappa shape index (κ1) is 14.0. The Morgan fingerprint density at radius 2 is 2.38 bits per heavy atom. The summed E-state index contributed by atoms with van der Waals surface area (Å²) >= 11 is 3.52. The average Bonchev–Trinajstić information content (AvgIpc) is 2.70. The van der Waals surface area contributed by atoms with Crippen molar-refractivity contribution in [1.29, 1.82) is 0 Å². The second-order valence-corrected chi connectivity index (χ2v) is 6.08. The summed E-state index contributed by atoms with van der Waals surface area (Å²) in [4.78, 5) is 5.48. The highest BCUT2D eigenvalue weighted by Crippen LogP contribution is 2.20. The van der Waals surface area contributed by atoms with Gasteiger partial charge in [0.25, 0.3) is 0 Å². The molecule has 3 nitrogen and oxygen atoms in total. The van der Waals surface area contributed by atoms with Crippen LogP contribution in [-0.2, 0) is 0 Å². The summed E-state index contributed by atoms with van der Waals surface area (Å²) in [7, 11) is 0. The second kappa shape index (κ2) is 7.27. The fourth-order valence-corrected chi connectivity index (χ4v) is 2.82. The van der Waals surface area contributed by atoms with Gasteiger partial charge >= 0.3 is 0 Å². The highest BCUT2D eigenvalue weighted by molar-refractivity contribution is 7.98. The number of aliphatic hydroxyl groups excluding tert-OH is 1. The molecule has 0 radical (unpaired) electrons. The van der Waals surface area contributed by atoms with E-state index in [1.54, 1.807) is 11.3 Å². The number of hydrogen-bond acceptors (Lipinski definition) is 5. The molecule has 1 rings (SSSR count). The molecule has 0 bridgehead atoms. The Labute approximate surface area is 106 Å². The Bertz CT molecular complexity index is 304. The maximum Gasteiger partial charge on any atom is 0.0897 e. The molecule has 92 valence electrons. The summed E-state index contributed by atoms with van der Waals surface area (Å²) in [6.45, 7) is 4.33. The lowest BCUT2D eigenvalue weighted by Crippen LogP contribution is -2.34. The van der Waals surface area contributed by atoms with Gasteiger partial charge in [0.15, 0.2) is 0 Å². The fraction of sp³-hybridized carbons (Fsp3) is 0.727. The summed E-state index contributed by atoms with van der Waals surface area (Å²) in [6.07, 6.45) is 5.00. The predicted molar refractivity (Wildman–Crippen MR) is 72.3 cm³/mol. The Balaban J connectivity index is 2.45. The van der Waals surface area contributed by atoms with E-state index < -0.39 is 0 Å². The molecule has 0 aromatic carbocycles. The number of thioether (sulfide) groups is 1. The minimum absolute atomic E-state index is 0.185. The van der Waals surface area contributed by atoms with Crippen LogP contribution in [0.4, 0.5) is 0 Å². The number of rotatable bonds is 7. The molecule has 0 aliphatic carbocycles. The summed E-state index contributed by atoms with van der Waals surface area (Å²) in [5.74, 6) is 1.08. The van der Waals surface area contributed by atoms with Crippen LogP contribution in [-0.4, -0.2) is 34.7 Å². The molecule has 0 saturated heterocycles. The molecule has 2 unspecified atom stereocenters. The molecule has 1 aromatic heterocycles. The van der Waals surface area contributed by atoms with Crippen LogP contribution in [0.3, 0.4) is 0 Å². The third-order valence-electron chi connectivity index (χ3n) is 2.44. The lowest BCUT2D eigenvalue weighted by Gasteiger charge is -2.20. The first-order chi connectivity index (χ1) is 7.67. The van der Waals surface area contributed by atoms with Crippen LogP contribution >= 0.6 is 23.1 Å². The van der Waals surface area contributed by atoms with Gasteiger partial charge < -0.3 is 10.4 Å². The molecule has 0 fully saturated rings. The van der Waals surface area contributed by atoms with E-state index in [-0.39, 0.29) is 18.7 Å². The summed E-state index contributed by atoms with van der Waals surface area (Å²) in [5.41, 5.74) is 0. The molecule has 0 saturated carbocycles. The highest BCUT2D eigenvalue weighted by Gasteiger charge is 2.13. The van der Waals surface area contributed by atoms with Crippen molar-refractivity contribution in [3.05, 3.63) is 16.1 Å². The smallest absolute Gasteiger partial charge is 0.0897 e. The number of thiazole rings is 1. The molecule has 1 heterocycles. The van der Waals surface area contributed by atoms with Gasteiger partial charge in [-0.25, -0.2) is 4.98 Å². The van der Waals surface area contributed by atoms with E-state index >= 15 is 0 Å². The third-order valence-corrected chi connectivity index (χ3v) is 4.18. The van der Waals surface area contributed by atoms with E-state index in [2.05, 4.69) is 23.5 Å². The maximum atomic E-state index is 9.27. The van der Waals surface area contributed by atoms with Crippen molar-refractivity contribution < 1.29 is 5.11 Å². The normalized spacial score (nSPS) is 15.0. The molecule has 2 N–H and O–H groups in total. The third kappa shape index (κ3) is 4.41. The second-order valence-electron chi connectivity index (χ2n) is 3.83. The predicted octanol–water partition coefficient (Wildman–Crippen LogP) is 2.22. The minimum Gasteiger partial charge on any atom is -0.395 e. The van der Waals surface area contributed by atoms with Gasteiger partial charge in [0.05, 0.1) is 11.6 Å². The molecular weight excluding hydrogens is 240 g/mol. The van der Waals surface area contributed by atoms with E-state index in [4.69, 9.17) is 0 Å². The van der Waals surface area contributed by atoms with E-state index in [1.807, 2.05) is 24.9 Å². The van der Waals surface area contributed by atoms with Gasteiger partial charge in [-0.3, -0.25) is 0 Å². The zero-order chi connectivity index (χ0) is 12.0. The first-order valence-corrected chi connectivity index (χ1v) is 7.66. The fourth-order valence-electron chi connectivity index (χ4n) is 1.50. The Hall–Kier alpha value is -0.100. The van der Waals surface area contributed by atoms with Crippen molar-refractivity contribution in [2.45, 2.75) is 32.4 Å². The van der Waals surface area contributed by atoms with Gasteiger partial charge in [-0.05, 0) is 32.3 Å². The van der Waals surface area contributed by atoms with Gasteiger partial charge in [0.1, 0.15) is 0 Å². The lowest BCUT2D eigenvalue weighted by molar-refractivity contribution is 0.231. The van der Waals surface area contributed by atoms with E-state index in [1.165, 1.54) is 4.88 Å². The molecule has 0 aliphatic rings. The van der Waals surface area contributed by atoms with Crippen LogP contribution in [0, 0.1) is 6.92 Å². The summed E-state index contributed by atoms with van der Waals surface area (Å²) in [6, 6.07) is 0.454. The topological polar surface area (TPSA) is 45.1 Å². The summed E-state index contributed by atoms with van der Waals surface area (Å²) < 4.78 is 0. The van der Waals surface area contributed by atoms with E-state index in [0.29, 0.717) is 0 Å². The van der Waals surface area contributed by atoms with Gasteiger partial charge in [-0.2, -0.15) is 11.8 Å². The van der Waals surface area contributed by atoms with Crippen molar-refractivity contribution in [1.82, 2.24) is 10.3 Å². The highest BCUT2D eigenvalue weighted by atomic mass is 32.2. The zero-order valence-corrected chi connectivity index (χ0v) is 11.7. The molecular formula is C11H20N2OS2. The van der Waals surface area contributed by atoms with Gasteiger partial charge in [-0.1, -0.05) is 0 Å². The largest absolute Gasteiger partial charge is 0.395 e. The Morgan fingerprint density at radius 1 is 1.62 bits per heavy atom. The zero-order valence-electron chi connectivity index (χ0n) is 10.1. The number of aryl methyl sites for hydroxylation is 1. The molecule has 0 amide bonds. The summed E-state index contributed by atoms with van der Waals surface area (Å²) in [5, 5.41) is 13.8. The Morgan fingerprint density at radius 3 is 2.88 bits per heavy atom. The van der Waals surface area contributed by atoms with Crippen LogP contribution in [0.25, 0.3) is 0 Å². The van der Waals surface area contributed by atoms with Crippen molar-refractivity contribution in [3.8, 4) is 0 Å². The lowest BCUT2D eigenvalue weighted by atomic mass is 10.2. The Kier molecular flexibility index (Phi) is 6.34. The molecule has 2 atom stereocenters. The van der Waals surface area contributed by atoms with Crippen LogP contribution < -0.4 is 5.32 Å². The van der Waals surface area contributed by atoms with Gasteiger partial charge in [0, 0.05) is 23.2 Å². The van der Waals surface area contributed by atoms with Crippen molar-refractivity contribution in [2.24, 2.45) is 0 Å². The maximum absolute atomic E-state index is 9.27. The molecule has 0 aliphatic heterocycles. The molecule has 1 aromatic rings. The van der Waals surface area contributed by atoms with Crippen LogP contribution in [0.5, 0.6) is 0 Å². The van der Waals surface area contributed by atoms with Gasteiger partial charge in [-0.15, -0.1) is 11.3 Å². The number of aliphatic hydroxyl groups is 1. The standard InChI is InChI=1S/C11H20N2OS2/c1-8(11-6-12-9(2)16-11)13-10(7-14)4-5-15-3/h6,8,10,13-14H,4-5,7H2,1-3H3. The number of nitrogens with one attached hydrogen (secondary N) is 1. The first-order valence-electron chi connectivity index (χ1n) is 5.45. The van der Waals surface area contributed by atoms with E-state index in [9.17, 15) is 5.11 Å². The van der Waals surface area contributed by atoms with Crippen LogP contribution in [0.2, 0.25) is 0 Å². The molecule has 5 heteroatoms. The molecule has 16 heavy (non-hydrogen) atoms. The van der Waals surface area contributed by atoms with E-state index in [0.717, 1.165) is 17.2 Å². The number of aromatic nitrogens is 1. The number of nitrogens with zero attached hydrogens (tertiary/aromatic N) is 1. The van der Waals surface area contributed by atoms with Crippen molar-refractivity contribution in [2.75, 3.05) is 18.6 Å². The van der Waals surface area contributed by atoms with Gasteiger partial charge in [0.2, 0.25) is 0 Å². The van der Waals surface area contributed by atoms with Crippen LogP contribution in [0.1, 0.15) is 29.3 Å². The van der Waals surface area contributed by atoms with Crippen molar-refractivity contribution in [3.63, 3.8) is 0 Å². The van der Waals surface area contributed by atoms with Crippen LogP contribution in [0.15, 0.2) is 6.20 Å². The molecule has 0 spiro atoms. The SMILES string of the molecule is CSCCC(CO)NC(C)c1cnc(C)s1. The quantitative estimate of drug-likeness (QED) is 0.789. The minimum atomic E-state index is 0.185. The number of hydrogen-bond donors (Lipinski definition) is 2. The monoisotopic (exact) mass is 260 g/mol. The van der Waals surface area contributed by atoms with Crippen molar-refractivity contribution >= 4 is 23.1 Å².